The van der Waals surface area contributed by atoms with E-state index >= 15 is 0 Å². The molecule has 1 aromatic carbocycles. The predicted molar refractivity (Wildman–Crippen MR) is 58.4 cm³/mol. The van der Waals surface area contributed by atoms with E-state index in [2.05, 4.69) is 11.8 Å². The van der Waals surface area contributed by atoms with E-state index in [4.69, 9.17) is 23.2 Å². The number of rotatable bonds is 1. The molecule has 0 saturated heterocycles. The molecule has 0 aromatic heterocycles. The van der Waals surface area contributed by atoms with Crippen LogP contribution in [0.15, 0.2) is 18.2 Å². The van der Waals surface area contributed by atoms with Crippen molar-refractivity contribution < 1.29 is 0 Å². The fourth-order valence-electron chi connectivity index (χ4n) is 0.926. The standard InChI is InChI=1S/C11H10Cl2/c1-9-5-6-10(11(13)8-9)4-2-3-7-12/h5-6,8H,3,7H2,1H3. The summed E-state index contributed by atoms with van der Waals surface area (Å²) in [5, 5.41) is 0.710. The minimum absolute atomic E-state index is 0.566. The highest BCUT2D eigenvalue weighted by molar-refractivity contribution is 6.31. The molecule has 0 atom stereocenters. The first-order chi connectivity index (χ1) is 6.24. The van der Waals surface area contributed by atoms with Crippen LogP contribution in [0.3, 0.4) is 0 Å². The van der Waals surface area contributed by atoms with Gasteiger partial charge in [0.2, 0.25) is 0 Å². The van der Waals surface area contributed by atoms with Crippen LogP contribution < -0.4 is 0 Å². The molecule has 0 heterocycles. The lowest BCUT2D eigenvalue weighted by atomic mass is 10.1. The Hall–Kier alpha value is -0.640. The SMILES string of the molecule is Cc1ccc(C#CCCCl)c(Cl)c1. The molecular weight excluding hydrogens is 203 g/mol. The van der Waals surface area contributed by atoms with Crippen LogP contribution in [0.4, 0.5) is 0 Å². The largest absolute Gasteiger partial charge is 0.126 e. The van der Waals surface area contributed by atoms with Crippen molar-refractivity contribution in [3.8, 4) is 11.8 Å². The van der Waals surface area contributed by atoms with Gasteiger partial charge in [-0.3, -0.25) is 0 Å². The lowest BCUT2D eigenvalue weighted by Gasteiger charge is -1.96. The van der Waals surface area contributed by atoms with Crippen LogP contribution in [-0.2, 0) is 0 Å². The molecule has 0 spiro atoms. The third-order valence-corrected chi connectivity index (χ3v) is 2.07. The van der Waals surface area contributed by atoms with Gasteiger partial charge < -0.3 is 0 Å². The molecule has 1 aromatic rings. The maximum absolute atomic E-state index is 5.97. The lowest BCUT2D eigenvalue weighted by molar-refractivity contribution is 1.29. The second-order valence-corrected chi connectivity index (χ2v) is 3.51. The summed E-state index contributed by atoms with van der Waals surface area (Å²) in [7, 11) is 0. The van der Waals surface area contributed by atoms with E-state index < -0.39 is 0 Å². The van der Waals surface area contributed by atoms with Crippen LogP contribution >= 0.6 is 23.2 Å². The van der Waals surface area contributed by atoms with E-state index in [0.717, 1.165) is 11.1 Å². The van der Waals surface area contributed by atoms with Gasteiger partial charge in [0.1, 0.15) is 0 Å². The molecule has 0 bridgehead atoms. The van der Waals surface area contributed by atoms with Crippen LogP contribution in [0.2, 0.25) is 5.02 Å². The van der Waals surface area contributed by atoms with Crippen molar-refractivity contribution in [1.82, 2.24) is 0 Å². The summed E-state index contributed by atoms with van der Waals surface area (Å²) in [5.41, 5.74) is 2.02. The molecule has 0 saturated carbocycles. The van der Waals surface area contributed by atoms with Gasteiger partial charge in [-0.15, -0.1) is 11.6 Å². The summed E-state index contributed by atoms with van der Waals surface area (Å²) in [5.74, 6) is 6.49. The van der Waals surface area contributed by atoms with Crippen molar-refractivity contribution in [2.45, 2.75) is 13.3 Å². The van der Waals surface area contributed by atoms with Gasteiger partial charge in [-0.05, 0) is 24.6 Å². The first-order valence-corrected chi connectivity index (χ1v) is 4.96. The molecular formula is C11H10Cl2. The molecule has 0 amide bonds. The molecule has 68 valence electrons. The Balaban J connectivity index is 2.85. The van der Waals surface area contributed by atoms with Gasteiger partial charge in [0.05, 0.1) is 5.02 Å². The molecule has 2 heteroatoms. The Bertz CT molecular complexity index is 345. The molecule has 0 radical (unpaired) electrons. The van der Waals surface area contributed by atoms with E-state index in [9.17, 15) is 0 Å². The number of hydrogen-bond acceptors (Lipinski definition) is 0. The molecule has 0 nitrogen and oxygen atoms in total. The maximum Gasteiger partial charge on any atom is 0.0565 e. The van der Waals surface area contributed by atoms with Gasteiger partial charge in [-0.25, -0.2) is 0 Å². The van der Waals surface area contributed by atoms with Gasteiger partial charge in [-0.2, -0.15) is 0 Å². The van der Waals surface area contributed by atoms with Crippen molar-refractivity contribution in [1.29, 1.82) is 0 Å². The van der Waals surface area contributed by atoms with E-state index in [1.54, 1.807) is 0 Å². The molecule has 0 aliphatic heterocycles. The molecule has 0 fully saturated rings. The maximum atomic E-state index is 5.97. The predicted octanol–water partition coefficient (Wildman–Crippen LogP) is 3.63. The van der Waals surface area contributed by atoms with Gasteiger partial charge in [0.15, 0.2) is 0 Å². The van der Waals surface area contributed by atoms with Crippen LogP contribution in [0.5, 0.6) is 0 Å². The Morgan fingerprint density at radius 1 is 1.38 bits per heavy atom. The number of hydrogen-bond donors (Lipinski definition) is 0. The Morgan fingerprint density at radius 3 is 2.77 bits per heavy atom. The van der Waals surface area contributed by atoms with Crippen molar-refractivity contribution in [3.05, 3.63) is 34.3 Å². The summed E-state index contributed by atoms with van der Waals surface area (Å²) in [6, 6.07) is 5.84. The first kappa shape index (κ1) is 10.4. The second-order valence-electron chi connectivity index (χ2n) is 2.72. The smallest absolute Gasteiger partial charge is 0.0565 e. The molecule has 0 N–H and O–H groups in total. The topological polar surface area (TPSA) is 0 Å². The highest BCUT2D eigenvalue weighted by Gasteiger charge is 1.95. The number of alkyl halides is 1. The minimum atomic E-state index is 0.566. The van der Waals surface area contributed by atoms with Gasteiger partial charge >= 0.3 is 0 Å². The van der Waals surface area contributed by atoms with Crippen LogP contribution in [0, 0.1) is 18.8 Å². The van der Waals surface area contributed by atoms with E-state index in [-0.39, 0.29) is 0 Å². The Labute approximate surface area is 88.9 Å². The quantitative estimate of drug-likeness (QED) is 0.493. The Morgan fingerprint density at radius 2 is 2.15 bits per heavy atom. The molecule has 0 aliphatic carbocycles. The first-order valence-electron chi connectivity index (χ1n) is 4.05. The summed E-state index contributed by atoms with van der Waals surface area (Å²) in [4.78, 5) is 0. The van der Waals surface area contributed by atoms with Crippen molar-refractivity contribution in [3.63, 3.8) is 0 Å². The zero-order valence-corrected chi connectivity index (χ0v) is 8.91. The van der Waals surface area contributed by atoms with E-state index in [0.29, 0.717) is 17.3 Å². The van der Waals surface area contributed by atoms with Gasteiger partial charge in [-0.1, -0.05) is 29.5 Å². The van der Waals surface area contributed by atoms with Crippen molar-refractivity contribution >= 4 is 23.2 Å². The zero-order valence-electron chi connectivity index (χ0n) is 7.40. The fraction of sp³-hybridized carbons (Fsp3) is 0.273. The highest BCUT2D eigenvalue weighted by atomic mass is 35.5. The summed E-state index contributed by atoms with van der Waals surface area (Å²) < 4.78 is 0. The Kier molecular flexibility index (Phi) is 4.15. The molecule has 0 aliphatic rings. The van der Waals surface area contributed by atoms with Crippen LogP contribution in [0.1, 0.15) is 17.5 Å². The lowest BCUT2D eigenvalue weighted by Crippen LogP contribution is -1.79. The van der Waals surface area contributed by atoms with Gasteiger partial charge in [0.25, 0.3) is 0 Å². The fourth-order valence-corrected chi connectivity index (χ4v) is 1.30. The van der Waals surface area contributed by atoms with Crippen LogP contribution in [-0.4, -0.2) is 5.88 Å². The average Bonchev–Trinajstić information content (AvgIpc) is 2.09. The minimum Gasteiger partial charge on any atom is -0.126 e. The van der Waals surface area contributed by atoms with Crippen molar-refractivity contribution in [2.75, 3.05) is 5.88 Å². The second kappa shape index (κ2) is 5.17. The molecule has 1 rings (SSSR count). The third kappa shape index (κ3) is 3.30. The third-order valence-electron chi connectivity index (χ3n) is 1.57. The summed E-state index contributed by atoms with van der Waals surface area (Å²) in [6.07, 6.45) is 0.700. The number of benzene rings is 1. The molecule has 13 heavy (non-hydrogen) atoms. The summed E-state index contributed by atoms with van der Waals surface area (Å²) >= 11 is 11.5. The highest BCUT2D eigenvalue weighted by Crippen LogP contribution is 2.16. The number of halogens is 2. The van der Waals surface area contributed by atoms with Gasteiger partial charge in [0, 0.05) is 17.9 Å². The monoisotopic (exact) mass is 212 g/mol. The number of aryl methyl sites for hydroxylation is 1. The molecule has 0 unspecified atom stereocenters. The van der Waals surface area contributed by atoms with E-state index in [1.807, 2.05) is 25.1 Å². The van der Waals surface area contributed by atoms with E-state index in [1.165, 1.54) is 0 Å². The normalized spacial score (nSPS) is 9.15. The van der Waals surface area contributed by atoms with Crippen LogP contribution in [0.25, 0.3) is 0 Å². The summed E-state index contributed by atoms with van der Waals surface area (Å²) in [6.45, 7) is 2.00. The average molecular weight is 213 g/mol. The zero-order chi connectivity index (χ0) is 9.68. The van der Waals surface area contributed by atoms with Crippen molar-refractivity contribution in [2.24, 2.45) is 0 Å².